The normalized spacial score (nSPS) is 14.7. The van der Waals surface area contributed by atoms with Crippen LogP contribution in [0.2, 0.25) is 5.02 Å². The second kappa shape index (κ2) is 8.39. The summed E-state index contributed by atoms with van der Waals surface area (Å²) in [6.45, 7) is 1.64. The van der Waals surface area contributed by atoms with Gasteiger partial charge in [-0.2, -0.15) is 18.3 Å². The van der Waals surface area contributed by atoms with Gasteiger partial charge in [0.1, 0.15) is 17.3 Å². The van der Waals surface area contributed by atoms with Crippen LogP contribution in [0, 0.1) is 18.3 Å². The van der Waals surface area contributed by atoms with E-state index in [0.717, 1.165) is 18.3 Å². The van der Waals surface area contributed by atoms with Crippen molar-refractivity contribution in [3.8, 4) is 0 Å². The summed E-state index contributed by atoms with van der Waals surface area (Å²) in [6, 6.07) is 4.04. The van der Waals surface area contributed by atoms with Gasteiger partial charge in [0.15, 0.2) is 0 Å². The van der Waals surface area contributed by atoms with Crippen LogP contribution in [0.15, 0.2) is 47.0 Å². The molecule has 0 bridgehead atoms. The van der Waals surface area contributed by atoms with E-state index < -0.39 is 23.5 Å². The summed E-state index contributed by atoms with van der Waals surface area (Å²) in [7, 11) is 0. The van der Waals surface area contributed by atoms with Crippen molar-refractivity contribution in [3.05, 3.63) is 69.4 Å². The number of anilines is 1. The zero-order valence-corrected chi connectivity index (χ0v) is 16.4. The van der Waals surface area contributed by atoms with E-state index in [1.54, 1.807) is 6.92 Å². The average molecular weight is 442 g/mol. The number of alkyl halides is 3. The lowest BCUT2D eigenvalue weighted by Crippen LogP contribution is -2.38. The number of carbonyl (C=O) groups is 1. The molecular weight excluding hydrogens is 426 g/mol. The molecule has 0 radical (unpaired) electrons. The second-order valence-corrected chi connectivity index (χ2v) is 7.06. The van der Waals surface area contributed by atoms with Gasteiger partial charge in [-0.15, -0.1) is 0 Å². The third-order valence-electron chi connectivity index (χ3n) is 4.59. The minimum Gasteiger partial charge on any atom is -0.342 e. The Labute approximate surface area is 174 Å². The molecule has 11 heteroatoms. The summed E-state index contributed by atoms with van der Waals surface area (Å²) in [4.78, 5) is 18.0. The number of hydrogen-bond acceptors (Lipinski definition) is 5. The minimum absolute atomic E-state index is 0.0998. The maximum atomic E-state index is 13.4. The predicted molar refractivity (Wildman–Crippen MR) is 102 cm³/mol. The van der Waals surface area contributed by atoms with Gasteiger partial charge in [0.2, 0.25) is 0 Å². The second-order valence-electron chi connectivity index (χ2n) is 6.65. The fraction of sp³-hybridized carbons (Fsp3) is 0.263. The van der Waals surface area contributed by atoms with Crippen molar-refractivity contribution >= 4 is 23.3 Å². The Morgan fingerprint density at radius 2 is 2.07 bits per heavy atom. The van der Waals surface area contributed by atoms with E-state index in [1.165, 1.54) is 11.0 Å². The number of nitrogens with one attached hydrogen (secondary N) is 2. The lowest BCUT2D eigenvalue weighted by molar-refractivity contribution is -0.137. The van der Waals surface area contributed by atoms with E-state index in [4.69, 9.17) is 17.1 Å². The first-order valence-corrected chi connectivity index (χ1v) is 9.12. The number of halogens is 5. The fourth-order valence-electron chi connectivity index (χ4n) is 2.96. The molecule has 30 heavy (non-hydrogen) atoms. The summed E-state index contributed by atoms with van der Waals surface area (Å²) >= 11 is 5.96. The van der Waals surface area contributed by atoms with E-state index in [-0.39, 0.29) is 35.8 Å². The van der Waals surface area contributed by atoms with E-state index in [9.17, 15) is 22.4 Å². The monoisotopic (exact) mass is 441 g/mol. The maximum Gasteiger partial charge on any atom is 0.416 e. The van der Waals surface area contributed by atoms with Crippen molar-refractivity contribution in [1.82, 2.24) is 9.88 Å². The highest BCUT2D eigenvalue weighted by molar-refractivity contribution is 6.33. The Kier molecular flexibility index (Phi) is 6.06. The van der Waals surface area contributed by atoms with Crippen LogP contribution in [-0.2, 0) is 6.18 Å². The van der Waals surface area contributed by atoms with Crippen LogP contribution in [0.25, 0.3) is 0 Å². The molecule has 1 aromatic heterocycles. The van der Waals surface area contributed by atoms with Crippen LogP contribution in [0.5, 0.6) is 0 Å². The molecule has 0 spiro atoms. The number of pyridine rings is 1. The van der Waals surface area contributed by atoms with E-state index in [2.05, 4.69) is 15.4 Å². The first-order chi connectivity index (χ1) is 14.1. The molecule has 1 aliphatic heterocycles. The Bertz CT molecular complexity index is 1040. The molecule has 3 rings (SSSR count). The molecular formula is C19H16ClF4N5O. The van der Waals surface area contributed by atoms with Crippen LogP contribution in [-0.4, -0.2) is 28.9 Å². The number of aromatic nitrogens is 1. The molecule has 2 N–H and O–H groups in total. The highest BCUT2D eigenvalue weighted by atomic mass is 35.5. The van der Waals surface area contributed by atoms with Gasteiger partial charge in [0, 0.05) is 18.7 Å². The SMILES string of the molecule is Cc1cc(NC2=C(N=N)CN(C(=O)c3cc(C(F)(F)F)ccc3Cl)CC2)ncc1F. The third-order valence-corrected chi connectivity index (χ3v) is 4.92. The molecule has 2 aromatic rings. The minimum atomic E-state index is -4.61. The molecule has 1 amide bonds. The van der Waals surface area contributed by atoms with Crippen molar-refractivity contribution in [1.29, 1.82) is 5.53 Å². The van der Waals surface area contributed by atoms with Crippen molar-refractivity contribution in [3.63, 3.8) is 0 Å². The Hall–Kier alpha value is -3.01. The molecule has 1 aromatic carbocycles. The molecule has 6 nitrogen and oxygen atoms in total. The van der Waals surface area contributed by atoms with Crippen LogP contribution in [0.3, 0.4) is 0 Å². The molecule has 0 aliphatic carbocycles. The highest BCUT2D eigenvalue weighted by Crippen LogP contribution is 2.33. The topological polar surface area (TPSA) is 81.4 Å². The summed E-state index contributed by atoms with van der Waals surface area (Å²) in [5.74, 6) is -0.800. The van der Waals surface area contributed by atoms with Crippen LogP contribution in [0.1, 0.15) is 27.9 Å². The molecule has 2 heterocycles. The Morgan fingerprint density at radius 3 is 2.70 bits per heavy atom. The van der Waals surface area contributed by atoms with Crippen molar-refractivity contribution < 1.29 is 22.4 Å². The van der Waals surface area contributed by atoms with Gasteiger partial charge in [-0.3, -0.25) is 4.79 Å². The van der Waals surface area contributed by atoms with Crippen molar-refractivity contribution in [2.24, 2.45) is 5.11 Å². The van der Waals surface area contributed by atoms with Crippen molar-refractivity contribution in [2.45, 2.75) is 19.5 Å². The van der Waals surface area contributed by atoms with E-state index >= 15 is 0 Å². The molecule has 158 valence electrons. The Morgan fingerprint density at radius 1 is 1.33 bits per heavy atom. The highest BCUT2D eigenvalue weighted by Gasteiger charge is 2.33. The number of rotatable bonds is 4. The number of nitrogens with zero attached hydrogens (tertiary/aromatic N) is 3. The lowest BCUT2D eigenvalue weighted by Gasteiger charge is -2.29. The van der Waals surface area contributed by atoms with Crippen LogP contribution >= 0.6 is 11.6 Å². The van der Waals surface area contributed by atoms with Gasteiger partial charge < -0.3 is 10.2 Å². The predicted octanol–water partition coefficient (Wildman–Crippen LogP) is 5.40. The summed E-state index contributed by atoms with van der Waals surface area (Å²) < 4.78 is 52.3. The molecule has 0 atom stereocenters. The van der Waals surface area contributed by atoms with Crippen molar-refractivity contribution in [2.75, 3.05) is 18.4 Å². The zero-order chi connectivity index (χ0) is 22.1. The average Bonchev–Trinajstić information content (AvgIpc) is 2.70. The number of aryl methyl sites for hydroxylation is 1. The third kappa shape index (κ3) is 4.59. The maximum absolute atomic E-state index is 13.4. The molecule has 1 aliphatic rings. The van der Waals surface area contributed by atoms with Gasteiger partial charge in [0.05, 0.1) is 28.9 Å². The molecule has 0 unspecified atom stereocenters. The van der Waals surface area contributed by atoms with E-state index in [0.29, 0.717) is 23.1 Å². The summed E-state index contributed by atoms with van der Waals surface area (Å²) in [6.07, 6.45) is -3.30. The summed E-state index contributed by atoms with van der Waals surface area (Å²) in [5, 5.41) is 6.29. The number of amides is 1. The van der Waals surface area contributed by atoms with Gasteiger partial charge in [0.25, 0.3) is 5.91 Å². The fourth-order valence-corrected chi connectivity index (χ4v) is 3.15. The number of carbonyl (C=O) groups excluding carboxylic acids is 1. The molecule has 0 fully saturated rings. The molecule has 0 saturated carbocycles. The van der Waals surface area contributed by atoms with Gasteiger partial charge in [-0.25, -0.2) is 14.9 Å². The standard InChI is InChI=1S/C19H16ClF4N5O/c1-10-6-17(26-8-14(10)21)27-15-4-5-29(9-16(15)28-25)18(30)12-7-11(19(22,23)24)2-3-13(12)20/h2-3,6-8,25H,4-5,9H2,1H3,(H,26,27). The molecule has 0 saturated heterocycles. The van der Waals surface area contributed by atoms with E-state index in [1.807, 2.05) is 0 Å². The quantitative estimate of drug-likeness (QED) is 0.492. The van der Waals surface area contributed by atoms with Crippen LogP contribution in [0.4, 0.5) is 23.4 Å². The first-order valence-electron chi connectivity index (χ1n) is 8.75. The zero-order valence-electron chi connectivity index (χ0n) is 15.6. The number of benzene rings is 1. The summed E-state index contributed by atoms with van der Waals surface area (Å²) in [5.41, 5.74) is 7.25. The number of hydrogen-bond donors (Lipinski definition) is 2. The lowest BCUT2D eigenvalue weighted by atomic mass is 10.1. The van der Waals surface area contributed by atoms with Gasteiger partial charge in [-0.05, 0) is 36.8 Å². The first kappa shape index (κ1) is 21.7. The Balaban J connectivity index is 1.83. The smallest absolute Gasteiger partial charge is 0.342 e. The largest absolute Gasteiger partial charge is 0.416 e. The van der Waals surface area contributed by atoms with Gasteiger partial charge in [-0.1, -0.05) is 11.6 Å². The van der Waals surface area contributed by atoms with Crippen LogP contribution < -0.4 is 5.32 Å². The van der Waals surface area contributed by atoms with Gasteiger partial charge >= 0.3 is 6.18 Å².